The Morgan fingerprint density at radius 2 is 1.75 bits per heavy atom. The SMILES string of the molecule is Cc1cc(C)c(NC(=O)CNC(=O)CN(C)Cc2cccc(C#N)c2)c(C)c1. The number of carbonyl (C=O) groups excluding carboxylic acids is 2. The molecule has 0 spiro atoms. The lowest BCUT2D eigenvalue weighted by atomic mass is 10.1. The van der Waals surface area contributed by atoms with Crippen LogP contribution < -0.4 is 10.6 Å². The zero-order valence-electron chi connectivity index (χ0n) is 16.8. The third kappa shape index (κ3) is 6.22. The first-order chi connectivity index (χ1) is 13.3. The summed E-state index contributed by atoms with van der Waals surface area (Å²) in [5.41, 5.74) is 5.48. The standard InChI is InChI=1S/C22H26N4O2/c1-15-8-16(2)22(17(3)9-15)25-20(27)12-24-21(28)14-26(4)13-19-7-5-6-18(10-19)11-23/h5-10H,12-14H2,1-4H3,(H,24,28)(H,25,27). The van der Waals surface area contributed by atoms with Crippen molar-refractivity contribution in [2.24, 2.45) is 0 Å². The predicted octanol–water partition coefficient (Wildman–Crippen LogP) is 2.67. The molecule has 2 N–H and O–H groups in total. The van der Waals surface area contributed by atoms with E-state index in [-0.39, 0.29) is 24.9 Å². The second-order valence-corrected chi connectivity index (χ2v) is 7.08. The Morgan fingerprint density at radius 3 is 2.39 bits per heavy atom. The van der Waals surface area contributed by atoms with Crippen LogP contribution in [0.15, 0.2) is 36.4 Å². The quantitative estimate of drug-likeness (QED) is 0.776. The maximum absolute atomic E-state index is 12.2. The van der Waals surface area contributed by atoms with Crippen LogP contribution in [0, 0.1) is 32.1 Å². The van der Waals surface area contributed by atoms with Crippen LogP contribution in [0.1, 0.15) is 27.8 Å². The monoisotopic (exact) mass is 378 g/mol. The van der Waals surface area contributed by atoms with E-state index >= 15 is 0 Å². The van der Waals surface area contributed by atoms with Gasteiger partial charge in [-0.25, -0.2) is 0 Å². The molecule has 2 rings (SSSR count). The van der Waals surface area contributed by atoms with E-state index in [9.17, 15) is 9.59 Å². The van der Waals surface area contributed by atoms with Crippen molar-refractivity contribution in [3.63, 3.8) is 0 Å². The largest absolute Gasteiger partial charge is 0.346 e. The summed E-state index contributed by atoms with van der Waals surface area (Å²) in [4.78, 5) is 26.1. The number of amides is 2. The van der Waals surface area contributed by atoms with Gasteiger partial charge in [0, 0.05) is 12.2 Å². The van der Waals surface area contributed by atoms with E-state index in [1.54, 1.807) is 12.1 Å². The van der Waals surface area contributed by atoms with Crippen LogP contribution in [0.4, 0.5) is 5.69 Å². The number of benzene rings is 2. The predicted molar refractivity (Wildman–Crippen MR) is 110 cm³/mol. The molecule has 0 atom stereocenters. The number of hydrogen-bond donors (Lipinski definition) is 2. The van der Waals surface area contributed by atoms with Gasteiger partial charge < -0.3 is 10.6 Å². The number of nitriles is 1. The van der Waals surface area contributed by atoms with Gasteiger partial charge in [-0.2, -0.15) is 5.26 Å². The van der Waals surface area contributed by atoms with Crippen molar-refractivity contribution < 1.29 is 9.59 Å². The summed E-state index contributed by atoms with van der Waals surface area (Å²) < 4.78 is 0. The Labute approximate surface area is 166 Å². The van der Waals surface area contributed by atoms with Crippen LogP contribution in [0.5, 0.6) is 0 Å². The molecule has 0 aromatic heterocycles. The van der Waals surface area contributed by atoms with Gasteiger partial charge in [-0.3, -0.25) is 14.5 Å². The van der Waals surface area contributed by atoms with E-state index in [0.717, 1.165) is 27.9 Å². The topological polar surface area (TPSA) is 85.2 Å². The number of carbonyl (C=O) groups is 2. The lowest BCUT2D eigenvalue weighted by Crippen LogP contribution is -2.39. The zero-order valence-corrected chi connectivity index (χ0v) is 16.8. The van der Waals surface area contributed by atoms with Crippen molar-refractivity contribution >= 4 is 17.5 Å². The second-order valence-electron chi connectivity index (χ2n) is 7.08. The van der Waals surface area contributed by atoms with Gasteiger partial charge in [0.2, 0.25) is 11.8 Å². The molecular formula is C22H26N4O2. The molecule has 0 fully saturated rings. The minimum absolute atomic E-state index is 0.0800. The van der Waals surface area contributed by atoms with Gasteiger partial charge in [0.1, 0.15) is 0 Å². The minimum atomic E-state index is -0.257. The van der Waals surface area contributed by atoms with Crippen LogP contribution in [0.25, 0.3) is 0 Å². The Morgan fingerprint density at radius 1 is 1.07 bits per heavy atom. The molecule has 146 valence electrons. The highest BCUT2D eigenvalue weighted by atomic mass is 16.2. The first-order valence-electron chi connectivity index (χ1n) is 9.10. The number of rotatable bonds is 7. The number of anilines is 1. The highest BCUT2D eigenvalue weighted by molar-refractivity contribution is 5.96. The summed E-state index contributed by atoms with van der Waals surface area (Å²) in [5.74, 6) is -0.487. The lowest BCUT2D eigenvalue weighted by molar-refractivity contribution is -0.124. The Kier molecular flexibility index (Phi) is 7.30. The number of aryl methyl sites for hydroxylation is 3. The van der Waals surface area contributed by atoms with Crippen molar-refractivity contribution in [2.75, 3.05) is 25.5 Å². The third-order valence-electron chi connectivity index (χ3n) is 4.31. The number of hydrogen-bond acceptors (Lipinski definition) is 4. The molecule has 0 unspecified atom stereocenters. The molecule has 6 nitrogen and oxygen atoms in total. The highest BCUT2D eigenvalue weighted by Crippen LogP contribution is 2.21. The van der Waals surface area contributed by atoms with E-state index in [4.69, 9.17) is 5.26 Å². The van der Waals surface area contributed by atoms with E-state index in [0.29, 0.717) is 12.1 Å². The van der Waals surface area contributed by atoms with Gasteiger partial charge in [-0.05, 0) is 56.6 Å². The van der Waals surface area contributed by atoms with E-state index in [1.165, 1.54) is 0 Å². The third-order valence-corrected chi connectivity index (χ3v) is 4.31. The fraction of sp³-hybridized carbons (Fsp3) is 0.318. The van der Waals surface area contributed by atoms with Gasteiger partial charge in [-0.15, -0.1) is 0 Å². The van der Waals surface area contributed by atoms with Crippen LogP contribution in [-0.2, 0) is 16.1 Å². The maximum atomic E-state index is 12.2. The average Bonchev–Trinajstić information content (AvgIpc) is 2.63. The Bertz CT molecular complexity index is 892. The molecule has 0 bridgehead atoms. The molecule has 0 radical (unpaired) electrons. The normalized spacial score (nSPS) is 10.4. The average molecular weight is 378 g/mol. The maximum Gasteiger partial charge on any atom is 0.243 e. The molecule has 0 heterocycles. The zero-order chi connectivity index (χ0) is 20.7. The second kappa shape index (κ2) is 9.67. The van der Waals surface area contributed by atoms with Crippen molar-refractivity contribution in [2.45, 2.75) is 27.3 Å². The molecule has 0 aliphatic heterocycles. The Balaban J connectivity index is 1.81. The van der Waals surface area contributed by atoms with E-state index in [2.05, 4.69) is 16.7 Å². The van der Waals surface area contributed by atoms with Crippen LogP contribution in [0.2, 0.25) is 0 Å². The molecule has 6 heteroatoms. The van der Waals surface area contributed by atoms with E-state index in [1.807, 2.05) is 57.0 Å². The van der Waals surface area contributed by atoms with Gasteiger partial charge in [0.15, 0.2) is 0 Å². The molecule has 0 aliphatic carbocycles. The summed E-state index contributed by atoms with van der Waals surface area (Å²) in [6.45, 7) is 6.53. The van der Waals surface area contributed by atoms with Crippen molar-refractivity contribution in [3.05, 3.63) is 64.2 Å². The smallest absolute Gasteiger partial charge is 0.243 e. The van der Waals surface area contributed by atoms with Crippen LogP contribution >= 0.6 is 0 Å². The fourth-order valence-electron chi connectivity index (χ4n) is 3.15. The van der Waals surface area contributed by atoms with Crippen LogP contribution in [0.3, 0.4) is 0 Å². The number of nitrogens with one attached hydrogen (secondary N) is 2. The summed E-state index contributed by atoms with van der Waals surface area (Å²) in [5, 5.41) is 14.5. The molecule has 0 aliphatic rings. The first-order valence-corrected chi connectivity index (χ1v) is 9.10. The number of nitrogens with zero attached hydrogens (tertiary/aromatic N) is 2. The van der Waals surface area contributed by atoms with Gasteiger partial charge in [0.25, 0.3) is 0 Å². The molecular weight excluding hydrogens is 352 g/mol. The van der Waals surface area contributed by atoms with E-state index < -0.39 is 0 Å². The lowest BCUT2D eigenvalue weighted by Gasteiger charge is -2.17. The Hall–Kier alpha value is -3.17. The van der Waals surface area contributed by atoms with Gasteiger partial charge >= 0.3 is 0 Å². The number of likely N-dealkylation sites (N-methyl/N-ethyl adjacent to an activating group) is 1. The van der Waals surface area contributed by atoms with Crippen LogP contribution in [-0.4, -0.2) is 36.9 Å². The molecule has 0 saturated heterocycles. The molecule has 2 amide bonds. The summed E-state index contributed by atoms with van der Waals surface area (Å²) in [7, 11) is 1.82. The molecule has 28 heavy (non-hydrogen) atoms. The minimum Gasteiger partial charge on any atom is -0.346 e. The van der Waals surface area contributed by atoms with Crippen molar-refractivity contribution in [1.82, 2.24) is 10.2 Å². The summed E-state index contributed by atoms with van der Waals surface area (Å²) >= 11 is 0. The van der Waals surface area contributed by atoms with Crippen molar-refractivity contribution in [3.8, 4) is 6.07 Å². The van der Waals surface area contributed by atoms with Gasteiger partial charge in [-0.1, -0.05) is 29.8 Å². The molecule has 2 aromatic rings. The first kappa shape index (κ1) is 21.1. The highest BCUT2D eigenvalue weighted by Gasteiger charge is 2.11. The van der Waals surface area contributed by atoms with Crippen molar-refractivity contribution in [1.29, 1.82) is 5.26 Å². The fourth-order valence-corrected chi connectivity index (χ4v) is 3.15. The van der Waals surface area contributed by atoms with Gasteiger partial charge in [0.05, 0.1) is 24.7 Å². The molecule has 0 saturated carbocycles. The molecule has 2 aromatic carbocycles. The summed E-state index contributed by atoms with van der Waals surface area (Å²) in [6.07, 6.45) is 0. The summed E-state index contributed by atoms with van der Waals surface area (Å²) in [6, 6.07) is 13.4.